The minimum Gasteiger partial charge on any atom is -0.317 e. The molecule has 0 saturated carbocycles. The topological polar surface area (TPSA) is 45.2 Å². The molecule has 1 aliphatic rings. The highest BCUT2D eigenvalue weighted by atomic mass is 16.2. The number of hydrogen-bond acceptors (Lipinski definition) is 3. The van der Waals surface area contributed by atoms with E-state index >= 15 is 0 Å². The second-order valence-corrected chi connectivity index (χ2v) is 4.31. The lowest BCUT2D eigenvalue weighted by atomic mass is 10.0. The van der Waals surface area contributed by atoms with Gasteiger partial charge >= 0.3 is 0 Å². The Balaban J connectivity index is 2.21. The Kier molecular flexibility index (Phi) is 4.09. The zero-order valence-electron chi connectivity index (χ0n) is 10.2. The number of anilines is 1. The fraction of sp³-hybridized carbons (Fsp3) is 0.538. The van der Waals surface area contributed by atoms with Crippen LogP contribution in [0.3, 0.4) is 0 Å². The molecule has 92 valence electrons. The molecule has 0 aliphatic carbocycles. The maximum atomic E-state index is 12.1. The van der Waals surface area contributed by atoms with Crippen molar-refractivity contribution in [2.24, 2.45) is 0 Å². The molecule has 0 unspecified atom stereocenters. The minimum atomic E-state index is 0.185. The first-order chi connectivity index (χ1) is 8.33. The summed E-state index contributed by atoms with van der Waals surface area (Å²) >= 11 is 0. The Morgan fingerprint density at radius 2 is 2.29 bits per heavy atom. The van der Waals surface area contributed by atoms with E-state index in [0.717, 1.165) is 31.6 Å². The number of piperidine rings is 1. The van der Waals surface area contributed by atoms with E-state index in [-0.39, 0.29) is 5.91 Å². The SMILES string of the molecule is CCC(=O)N(c1cccnc1)C1CCNCC1. The van der Waals surface area contributed by atoms with Crippen LogP contribution in [0.4, 0.5) is 5.69 Å². The normalized spacial score (nSPS) is 16.8. The number of carbonyl (C=O) groups excluding carboxylic acids is 1. The molecule has 0 aromatic carbocycles. The number of carbonyl (C=O) groups is 1. The van der Waals surface area contributed by atoms with E-state index in [9.17, 15) is 4.79 Å². The van der Waals surface area contributed by atoms with Gasteiger partial charge in [0, 0.05) is 18.7 Å². The number of rotatable bonds is 3. The molecule has 1 aromatic heterocycles. The van der Waals surface area contributed by atoms with Crippen molar-refractivity contribution in [3.8, 4) is 0 Å². The highest BCUT2D eigenvalue weighted by Crippen LogP contribution is 2.21. The van der Waals surface area contributed by atoms with Crippen LogP contribution in [0.1, 0.15) is 26.2 Å². The fourth-order valence-corrected chi connectivity index (χ4v) is 2.29. The molecule has 2 heterocycles. The molecular weight excluding hydrogens is 214 g/mol. The number of amides is 1. The Morgan fingerprint density at radius 3 is 2.88 bits per heavy atom. The van der Waals surface area contributed by atoms with Gasteiger partial charge in [0.2, 0.25) is 5.91 Å². The van der Waals surface area contributed by atoms with Crippen molar-refractivity contribution in [3.63, 3.8) is 0 Å². The highest BCUT2D eigenvalue weighted by Gasteiger charge is 2.25. The average molecular weight is 233 g/mol. The lowest BCUT2D eigenvalue weighted by Crippen LogP contribution is -2.46. The second kappa shape index (κ2) is 5.77. The lowest BCUT2D eigenvalue weighted by Gasteiger charge is -2.34. The van der Waals surface area contributed by atoms with Crippen LogP contribution in [0, 0.1) is 0 Å². The van der Waals surface area contributed by atoms with Gasteiger partial charge in [-0.25, -0.2) is 0 Å². The van der Waals surface area contributed by atoms with Crippen LogP contribution in [0.25, 0.3) is 0 Å². The molecule has 0 spiro atoms. The van der Waals surface area contributed by atoms with Gasteiger partial charge in [0.1, 0.15) is 0 Å². The first-order valence-electron chi connectivity index (χ1n) is 6.25. The van der Waals surface area contributed by atoms with Gasteiger partial charge in [-0.15, -0.1) is 0 Å². The van der Waals surface area contributed by atoms with Crippen LogP contribution < -0.4 is 10.2 Å². The third-order valence-electron chi connectivity index (χ3n) is 3.17. The molecule has 4 nitrogen and oxygen atoms in total. The van der Waals surface area contributed by atoms with Crippen LogP contribution in [-0.2, 0) is 4.79 Å². The van der Waals surface area contributed by atoms with Crippen molar-refractivity contribution in [2.75, 3.05) is 18.0 Å². The predicted octanol–water partition coefficient (Wildman–Crippen LogP) is 1.58. The smallest absolute Gasteiger partial charge is 0.227 e. The molecule has 1 amide bonds. The third kappa shape index (κ3) is 2.82. The summed E-state index contributed by atoms with van der Waals surface area (Å²) in [6.45, 7) is 3.88. The zero-order chi connectivity index (χ0) is 12.1. The standard InChI is InChI=1S/C13H19N3O/c1-2-13(17)16(11-5-8-14-9-6-11)12-4-3-7-15-10-12/h3-4,7,10-11,14H,2,5-6,8-9H2,1H3. The maximum Gasteiger partial charge on any atom is 0.227 e. The van der Waals surface area contributed by atoms with E-state index in [1.165, 1.54) is 0 Å². The Morgan fingerprint density at radius 1 is 1.53 bits per heavy atom. The molecule has 0 bridgehead atoms. The van der Waals surface area contributed by atoms with Crippen LogP contribution in [-0.4, -0.2) is 30.0 Å². The van der Waals surface area contributed by atoms with Crippen LogP contribution in [0.2, 0.25) is 0 Å². The summed E-state index contributed by atoms with van der Waals surface area (Å²) in [6.07, 6.45) is 6.08. The number of nitrogens with zero attached hydrogens (tertiary/aromatic N) is 2. The van der Waals surface area contributed by atoms with E-state index in [4.69, 9.17) is 0 Å². The van der Waals surface area contributed by atoms with Crippen LogP contribution in [0.5, 0.6) is 0 Å². The molecule has 1 saturated heterocycles. The largest absolute Gasteiger partial charge is 0.317 e. The molecule has 0 atom stereocenters. The van der Waals surface area contributed by atoms with E-state index < -0.39 is 0 Å². The van der Waals surface area contributed by atoms with Gasteiger partial charge in [-0.2, -0.15) is 0 Å². The molecule has 1 aliphatic heterocycles. The van der Waals surface area contributed by atoms with Crippen LogP contribution in [0.15, 0.2) is 24.5 Å². The van der Waals surface area contributed by atoms with Gasteiger partial charge in [0.25, 0.3) is 0 Å². The fourth-order valence-electron chi connectivity index (χ4n) is 2.29. The molecule has 0 radical (unpaired) electrons. The van der Waals surface area contributed by atoms with Gasteiger partial charge in [-0.05, 0) is 38.1 Å². The summed E-state index contributed by atoms with van der Waals surface area (Å²) in [4.78, 5) is 18.1. The first-order valence-corrected chi connectivity index (χ1v) is 6.25. The molecule has 2 rings (SSSR count). The third-order valence-corrected chi connectivity index (χ3v) is 3.17. The summed E-state index contributed by atoms with van der Waals surface area (Å²) in [5.74, 6) is 0.185. The van der Waals surface area contributed by atoms with Crippen LogP contribution >= 0.6 is 0 Å². The molecule has 1 fully saturated rings. The van der Waals surface area contributed by atoms with Gasteiger partial charge < -0.3 is 10.2 Å². The lowest BCUT2D eigenvalue weighted by molar-refractivity contribution is -0.118. The quantitative estimate of drug-likeness (QED) is 0.862. The van der Waals surface area contributed by atoms with E-state index in [1.807, 2.05) is 24.0 Å². The van der Waals surface area contributed by atoms with Crippen molar-refractivity contribution in [1.82, 2.24) is 10.3 Å². The second-order valence-electron chi connectivity index (χ2n) is 4.31. The monoisotopic (exact) mass is 233 g/mol. The van der Waals surface area contributed by atoms with Gasteiger partial charge in [-0.1, -0.05) is 6.92 Å². The first kappa shape index (κ1) is 12.0. The predicted molar refractivity (Wildman–Crippen MR) is 67.9 cm³/mol. The van der Waals surface area contributed by atoms with Crippen molar-refractivity contribution >= 4 is 11.6 Å². The van der Waals surface area contributed by atoms with Crippen molar-refractivity contribution in [3.05, 3.63) is 24.5 Å². The number of nitrogens with one attached hydrogen (secondary N) is 1. The Bertz CT molecular complexity index is 360. The summed E-state index contributed by atoms with van der Waals surface area (Å²) in [6, 6.07) is 4.16. The summed E-state index contributed by atoms with van der Waals surface area (Å²) in [5.41, 5.74) is 0.922. The van der Waals surface area contributed by atoms with E-state index in [0.29, 0.717) is 12.5 Å². The maximum absolute atomic E-state index is 12.1. The van der Waals surface area contributed by atoms with Crippen molar-refractivity contribution in [2.45, 2.75) is 32.2 Å². The summed E-state index contributed by atoms with van der Waals surface area (Å²) in [7, 11) is 0. The van der Waals surface area contributed by atoms with E-state index in [2.05, 4.69) is 10.3 Å². The summed E-state index contributed by atoms with van der Waals surface area (Å²) in [5, 5.41) is 3.32. The molecule has 4 heteroatoms. The molecule has 1 N–H and O–H groups in total. The number of pyridine rings is 1. The zero-order valence-corrected chi connectivity index (χ0v) is 10.2. The van der Waals surface area contributed by atoms with Gasteiger partial charge in [0.15, 0.2) is 0 Å². The number of aromatic nitrogens is 1. The molecular formula is C13H19N3O. The highest BCUT2D eigenvalue weighted by molar-refractivity contribution is 5.93. The Hall–Kier alpha value is -1.42. The Labute approximate surface area is 102 Å². The minimum absolute atomic E-state index is 0.185. The van der Waals surface area contributed by atoms with Crippen molar-refractivity contribution in [1.29, 1.82) is 0 Å². The summed E-state index contributed by atoms with van der Waals surface area (Å²) < 4.78 is 0. The molecule has 17 heavy (non-hydrogen) atoms. The van der Waals surface area contributed by atoms with Crippen molar-refractivity contribution < 1.29 is 4.79 Å². The molecule has 1 aromatic rings. The van der Waals surface area contributed by atoms with E-state index in [1.54, 1.807) is 12.4 Å². The number of hydrogen-bond donors (Lipinski definition) is 1. The van der Waals surface area contributed by atoms with Gasteiger partial charge in [-0.3, -0.25) is 9.78 Å². The van der Waals surface area contributed by atoms with Gasteiger partial charge in [0.05, 0.1) is 11.9 Å². The average Bonchev–Trinajstić information content (AvgIpc) is 2.41.